The summed E-state index contributed by atoms with van der Waals surface area (Å²) in [5.41, 5.74) is 2.08. The van der Waals surface area contributed by atoms with Gasteiger partial charge in [0.25, 0.3) is 11.8 Å². The van der Waals surface area contributed by atoms with Crippen LogP contribution >= 0.6 is 23.2 Å². The van der Waals surface area contributed by atoms with Crippen molar-refractivity contribution in [2.75, 3.05) is 12.4 Å². The number of hydrogen-bond donors (Lipinski definition) is 2. The summed E-state index contributed by atoms with van der Waals surface area (Å²) in [4.78, 5) is 39.1. The molecule has 2 aromatic carbocycles. The Morgan fingerprint density at radius 1 is 1.12 bits per heavy atom. The van der Waals surface area contributed by atoms with Crippen molar-refractivity contribution in [3.8, 4) is 11.6 Å². The number of ether oxygens (including phenoxy) is 2. The van der Waals surface area contributed by atoms with Gasteiger partial charge in [-0.3, -0.25) is 14.6 Å². The molecule has 0 bridgehead atoms. The number of pyridine rings is 2. The number of rotatable bonds is 7. The lowest BCUT2D eigenvalue weighted by Gasteiger charge is -2.16. The zero-order valence-corrected chi connectivity index (χ0v) is 22.3. The lowest BCUT2D eigenvalue weighted by molar-refractivity contribution is -0.117. The number of fused-ring (bicyclic) bond motifs is 1. The third-order valence-corrected chi connectivity index (χ3v) is 6.37. The number of aromatic nitrogens is 2. The van der Waals surface area contributed by atoms with E-state index >= 15 is 0 Å². The van der Waals surface area contributed by atoms with E-state index in [0.717, 1.165) is 12.3 Å². The highest BCUT2D eigenvalue weighted by Gasteiger charge is 2.30. The van der Waals surface area contributed by atoms with E-state index in [-0.39, 0.29) is 28.8 Å². The van der Waals surface area contributed by atoms with Gasteiger partial charge in [0.2, 0.25) is 12.0 Å². The maximum Gasteiger partial charge on any atom is 0.269 e. The Bertz CT molecular complexity index is 1630. The highest BCUT2D eigenvalue weighted by molar-refractivity contribution is 6.39. The molecule has 2 amide bonds. The van der Waals surface area contributed by atoms with Gasteiger partial charge in [0.15, 0.2) is 0 Å². The van der Waals surface area contributed by atoms with Gasteiger partial charge in [-0.25, -0.2) is 14.4 Å². The first-order valence-electron chi connectivity index (χ1n) is 11.8. The zero-order valence-electron chi connectivity index (χ0n) is 20.8. The Balaban J connectivity index is 1.52. The van der Waals surface area contributed by atoms with Gasteiger partial charge in [-0.05, 0) is 30.3 Å². The predicted octanol–water partition coefficient (Wildman–Crippen LogP) is 5.06. The molecule has 40 heavy (non-hydrogen) atoms. The fourth-order valence-electron chi connectivity index (χ4n) is 4.04. The Kier molecular flexibility index (Phi) is 7.90. The third kappa shape index (κ3) is 5.73. The highest BCUT2D eigenvalue weighted by atomic mass is 35.5. The number of aliphatic imine (C=N–C) groups is 1. The average molecular weight is 580 g/mol. The molecule has 202 valence electrons. The summed E-state index contributed by atoms with van der Waals surface area (Å²) in [5.74, 6) is -2.06. The third-order valence-electron chi connectivity index (χ3n) is 5.85. The summed E-state index contributed by atoms with van der Waals surface area (Å²) < 4.78 is 25.3. The van der Waals surface area contributed by atoms with E-state index in [2.05, 4.69) is 25.6 Å². The molecule has 1 atom stereocenters. The minimum atomic E-state index is -1.44. The van der Waals surface area contributed by atoms with Gasteiger partial charge in [-0.2, -0.15) is 0 Å². The molecular weight excluding hydrogens is 560 g/mol. The van der Waals surface area contributed by atoms with Crippen LogP contribution in [0.3, 0.4) is 0 Å². The van der Waals surface area contributed by atoms with E-state index in [1.54, 1.807) is 54.9 Å². The molecule has 2 N–H and O–H groups in total. The first-order valence-corrected chi connectivity index (χ1v) is 12.6. The van der Waals surface area contributed by atoms with Crippen molar-refractivity contribution < 1.29 is 23.5 Å². The van der Waals surface area contributed by atoms with Gasteiger partial charge in [-0.1, -0.05) is 47.5 Å². The number of hydrogen-bond acceptors (Lipinski definition) is 7. The molecule has 5 rings (SSSR count). The van der Waals surface area contributed by atoms with Crippen molar-refractivity contribution in [2.45, 2.75) is 12.8 Å². The second-order valence-electron chi connectivity index (χ2n) is 8.51. The van der Waals surface area contributed by atoms with Crippen LogP contribution in [0.5, 0.6) is 11.6 Å². The number of para-hydroxylation sites is 1. The summed E-state index contributed by atoms with van der Waals surface area (Å²) in [6, 6.07) is 14.5. The normalized spacial score (nSPS) is 14.3. The molecule has 0 saturated heterocycles. The molecule has 3 heterocycles. The smallest absolute Gasteiger partial charge is 0.269 e. The van der Waals surface area contributed by atoms with Crippen molar-refractivity contribution in [1.82, 2.24) is 15.3 Å². The number of halogens is 3. The lowest BCUT2D eigenvalue weighted by atomic mass is 9.99. The van der Waals surface area contributed by atoms with E-state index in [4.69, 9.17) is 32.7 Å². The topological polar surface area (TPSA) is 115 Å². The van der Waals surface area contributed by atoms with Crippen LogP contribution in [0.4, 0.5) is 10.1 Å². The maximum atomic E-state index is 14.2. The van der Waals surface area contributed by atoms with Crippen LogP contribution in [0.25, 0.3) is 0 Å². The Hall–Kier alpha value is -4.54. The molecule has 0 aliphatic carbocycles. The molecule has 1 aliphatic rings. The van der Waals surface area contributed by atoms with Gasteiger partial charge in [0.05, 0.1) is 35.3 Å². The van der Waals surface area contributed by atoms with Crippen LogP contribution in [0.15, 0.2) is 78.2 Å². The van der Waals surface area contributed by atoms with Crippen molar-refractivity contribution in [3.05, 3.63) is 111 Å². The molecule has 0 radical (unpaired) electrons. The molecule has 0 spiro atoms. The van der Waals surface area contributed by atoms with Crippen LogP contribution in [-0.4, -0.2) is 40.8 Å². The molecule has 0 saturated carbocycles. The number of carbonyl (C=O) groups is 2. The number of anilines is 1. The highest BCUT2D eigenvalue weighted by Crippen LogP contribution is 2.35. The van der Waals surface area contributed by atoms with Crippen molar-refractivity contribution in [2.24, 2.45) is 4.99 Å². The SMILES string of the molecule is COc1cc(Cl)cc(Cl)c1C1=N[C@H](NC(=O)c2cc(F)cnc2OCc2cccnc2)C(=O)Nc2ccccc21. The number of carbonyl (C=O) groups excluding carboxylic acids is 2. The first kappa shape index (κ1) is 27.0. The fourth-order valence-corrected chi connectivity index (χ4v) is 4.60. The van der Waals surface area contributed by atoms with Crippen molar-refractivity contribution >= 4 is 46.4 Å². The number of benzene rings is 2. The minimum Gasteiger partial charge on any atom is -0.496 e. The Labute approximate surface area is 238 Å². The number of benzodiazepines with no additional fused rings is 1. The van der Waals surface area contributed by atoms with E-state index < -0.39 is 23.8 Å². The molecule has 9 nitrogen and oxygen atoms in total. The standard InChI is InChI=1S/C28H20Cl2FN5O4/c1-39-22-10-16(29)9-20(30)23(22)24-18-6-2-3-7-21(18)34-27(38)25(35-24)36-26(37)19-11-17(31)13-33-28(19)40-14-15-5-4-8-32-12-15/h2-13,25H,14H2,1H3,(H,34,38)(H,36,37)/t25-/m1/s1. The average Bonchev–Trinajstić information content (AvgIpc) is 3.08. The number of amides is 2. The van der Waals surface area contributed by atoms with Crippen molar-refractivity contribution in [1.29, 1.82) is 0 Å². The number of nitrogens with one attached hydrogen (secondary N) is 2. The van der Waals surface area contributed by atoms with Crippen LogP contribution < -0.4 is 20.1 Å². The van der Waals surface area contributed by atoms with Crippen molar-refractivity contribution in [3.63, 3.8) is 0 Å². The second-order valence-corrected chi connectivity index (χ2v) is 9.35. The molecule has 12 heteroatoms. The summed E-state index contributed by atoms with van der Waals surface area (Å²) in [6.45, 7) is 0.0309. The molecule has 0 unspecified atom stereocenters. The minimum absolute atomic E-state index is 0.0309. The van der Waals surface area contributed by atoms with Crippen LogP contribution in [0.1, 0.15) is 27.0 Å². The molecule has 2 aromatic heterocycles. The van der Waals surface area contributed by atoms with Gasteiger partial charge >= 0.3 is 0 Å². The van der Waals surface area contributed by atoms with Gasteiger partial charge in [-0.15, -0.1) is 0 Å². The lowest BCUT2D eigenvalue weighted by Crippen LogP contribution is -2.42. The summed E-state index contributed by atoms with van der Waals surface area (Å²) >= 11 is 12.7. The predicted molar refractivity (Wildman–Crippen MR) is 148 cm³/mol. The van der Waals surface area contributed by atoms with Gasteiger partial charge < -0.3 is 20.1 Å². The van der Waals surface area contributed by atoms with Crippen LogP contribution in [0.2, 0.25) is 10.0 Å². The van der Waals surface area contributed by atoms with E-state index in [1.807, 2.05) is 0 Å². The molecular formula is C28H20Cl2FN5O4. The number of nitrogens with zero attached hydrogens (tertiary/aromatic N) is 3. The van der Waals surface area contributed by atoms with Gasteiger partial charge in [0, 0.05) is 28.5 Å². The quantitative estimate of drug-likeness (QED) is 0.316. The largest absolute Gasteiger partial charge is 0.496 e. The summed E-state index contributed by atoms with van der Waals surface area (Å²) in [7, 11) is 1.45. The Morgan fingerprint density at radius 3 is 2.73 bits per heavy atom. The fraction of sp³-hybridized carbons (Fsp3) is 0.107. The maximum absolute atomic E-state index is 14.2. The van der Waals surface area contributed by atoms with Crippen LogP contribution in [-0.2, 0) is 11.4 Å². The number of methoxy groups -OCH3 is 1. The second kappa shape index (κ2) is 11.7. The van der Waals surface area contributed by atoms with Crippen LogP contribution in [0, 0.1) is 5.82 Å². The zero-order chi connectivity index (χ0) is 28.2. The van der Waals surface area contributed by atoms with E-state index in [1.165, 1.54) is 13.2 Å². The molecule has 0 fully saturated rings. The summed E-state index contributed by atoms with van der Waals surface area (Å²) in [5, 5.41) is 5.87. The van der Waals surface area contributed by atoms with E-state index in [9.17, 15) is 14.0 Å². The monoisotopic (exact) mass is 579 g/mol. The first-order chi connectivity index (χ1) is 19.3. The summed E-state index contributed by atoms with van der Waals surface area (Å²) in [6.07, 6.45) is 2.68. The Morgan fingerprint density at radius 2 is 1.95 bits per heavy atom. The van der Waals surface area contributed by atoms with Gasteiger partial charge in [0.1, 0.15) is 23.7 Å². The molecule has 1 aliphatic heterocycles. The molecule has 4 aromatic rings. The van der Waals surface area contributed by atoms with E-state index in [0.29, 0.717) is 33.1 Å².